The molecule has 0 atom stereocenters. The van der Waals surface area contributed by atoms with E-state index in [1.54, 1.807) is 18.5 Å². The topological polar surface area (TPSA) is 88.1 Å². The number of benzene rings is 3. The molecule has 43 heavy (non-hydrogen) atoms. The molecule has 0 unspecified atom stereocenters. The van der Waals surface area contributed by atoms with Crippen molar-refractivity contribution in [1.29, 1.82) is 0 Å². The van der Waals surface area contributed by atoms with Gasteiger partial charge in [-0.25, -0.2) is 14.9 Å². The van der Waals surface area contributed by atoms with Crippen LogP contribution in [-0.4, -0.2) is 26.8 Å². The summed E-state index contributed by atoms with van der Waals surface area (Å²) in [4.78, 5) is 41.7. The molecule has 2 heterocycles. The smallest absolute Gasteiger partial charge is 0.255 e. The van der Waals surface area contributed by atoms with Gasteiger partial charge in [-0.15, -0.1) is 0 Å². The lowest BCUT2D eigenvalue weighted by Gasteiger charge is -2.22. The second-order valence-corrected chi connectivity index (χ2v) is 10.5. The molecule has 0 aliphatic rings. The molecule has 0 aliphatic carbocycles. The van der Waals surface area contributed by atoms with Crippen LogP contribution in [-0.2, 0) is 17.6 Å². The van der Waals surface area contributed by atoms with E-state index in [2.05, 4.69) is 49.3 Å². The van der Waals surface area contributed by atoms with E-state index in [0.29, 0.717) is 22.6 Å². The Morgan fingerprint density at radius 1 is 0.767 bits per heavy atom. The van der Waals surface area contributed by atoms with Crippen LogP contribution in [0.4, 0.5) is 17.3 Å². The van der Waals surface area contributed by atoms with E-state index in [1.165, 1.54) is 17.4 Å². The summed E-state index contributed by atoms with van der Waals surface area (Å²) in [5, 5.41) is 2.96. The molecule has 0 bridgehead atoms. The normalized spacial score (nSPS) is 10.8. The fourth-order valence-electron chi connectivity index (χ4n) is 5.02. The summed E-state index contributed by atoms with van der Waals surface area (Å²) in [6.45, 7) is 9.67. The van der Waals surface area contributed by atoms with Crippen molar-refractivity contribution in [3.8, 4) is 22.5 Å². The number of hydrogen-bond donors (Lipinski definition) is 1. The number of hydrogen-bond acceptors (Lipinski definition) is 5. The highest BCUT2D eigenvalue weighted by atomic mass is 16.2. The van der Waals surface area contributed by atoms with Crippen LogP contribution in [0, 0.1) is 13.8 Å². The van der Waals surface area contributed by atoms with Gasteiger partial charge in [-0.3, -0.25) is 14.6 Å². The molecule has 1 N–H and O–H groups in total. The molecule has 2 aromatic heterocycles. The number of rotatable bonds is 8. The van der Waals surface area contributed by atoms with Gasteiger partial charge in [-0.05, 0) is 97.5 Å². The zero-order chi connectivity index (χ0) is 30.5. The van der Waals surface area contributed by atoms with Crippen molar-refractivity contribution in [2.24, 2.45) is 0 Å². The quantitative estimate of drug-likeness (QED) is 0.205. The summed E-state index contributed by atoms with van der Waals surface area (Å²) in [6.07, 6.45) is 5.26. The lowest BCUT2D eigenvalue weighted by atomic mass is 9.96. The van der Waals surface area contributed by atoms with Gasteiger partial charge in [0.05, 0.1) is 17.1 Å². The molecule has 0 fully saturated rings. The van der Waals surface area contributed by atoms with Gasteiger partial charge in [-0.1, -0.05) is 44.2 Å². The maximum atomic E-state index is 13.1. The predicted molar refractivity (Wildman–Crippen MR) is 173 cm³/mol. The monoisotopic (exact) mass is 569 g/mol. The van der Waals surface area contributed by atoms with Crippen LogP contribution >= 0.6 is 0 Å². The average molecular weight is 570 g/mol. The Labute approximate surface area is 252 Å². The van der Waals surface area contributed by atoms with Crippen LogP contribution in [0.15, 0.2) is 91.3 Å². The largest absolute Gasteiger partial charge is 0.322 e. The Bertz CT molecular complexity index is 1800. The maximum absolute atomic E-state index is 13.1. The highest BCUT2D eigenvalue weighted by molar-refractivity contribution is 6.05. The first-order chi connectivity index (χ1) is 20.8. The zero-order valence-electron chi connectivity index (χ0n) is 25.2. The Balaban J connectivity index is 1.51. The summed E-state index contributed by atoms with van der Waals surface area (Å²) in [5.41, 5.74) is 9.41. The zero-order valence-corrected chi connectivity index (χ0v) is 25.2. The van der Waals surface area contributed by atoms with Crippen LogP contribution in [0.2, 0.25) is 0 Å². The molecule has 0 saturated carbocycles. The summed E-state index contributed by atoms with van der Waals surface area (Å²) in [7, 11) is 0. The summed E-state index contributed by atoms with van der Waals surface area (Å²) in [6, 6.07) is 25.1. The van der Waals surface area contributed by atoms with Crippen LogP contribution in [0.5, 0.6) is 0 Å². The van der Waals surface area contributed by atoms with Crippen LogP contribution in [0.1, 0.15) is 53.4 Å². The van der Waals surface area contributed by atoms with Crippen molar-refractivity contribution in [2.45, 2.75) is 47.5 Å². The third-order valence-corrected chi connectivity index (χ3v) is 7.54. The van der Waals surface area contributed by atoms with Crippen molar-refractivity contribution in [3.63, 3.8) is 0 Å². The van der Waals surface area contributed by atoms with E-state index in [-0.39, 0.29) is 17.8 Å². The van der Waals surface area contributed by atoms with E-state index in [9.17, 15) is 9.59 Å². The number of anilines is 3. The van der Waals surface area contributed by atoms with Gasteiger partial charge in [-0.2, -0.15) is 0 Å². The van der Waals surface area contributed by atoms with Crippen LogP contribution < -0.4 is 10.2 Å². The molecule has 0 aliphatic heterocycles. The molecule has 2 amide bonds. The van der Waals surface area contributed by atoms with Crippen LogP contribution in [0.25, 0.3) is 22.5 Å². The highest BCUT2D eigenvalue weighted by Gasteiger charge is 2.22. The van der Waals surface area contributed by atoms with E-state index < -0.39 is 0 Å². The van der Waals surface area contributed by atoms with E-state index in [1.807, 2.05) is 61.5 Å². The van der Waals surface area contributed by atoms with E-state index in [0.717, 1.165) is 46.4 Å². The minimum absolute atomic E-state index is 0.225. The molecule has 5 rings (SSSR count). The van der Waals surface area contributed by atoms with Gasteiger partial charge in [0.2, 0.25) is 11.9 Å². The van der Waals surface area contributed by atoms with Gasteiger partial charge in [0.25, 0.3) is 5.91 Å². The van der Waals surface area contributed by atoms with Crippen molar-refractivity contribution in [2.75, 3.05) is 10.2 Å². The summed E-state index contributed by atoms with van der Waals surface area (Å²) in [5.74, 6) is -0.242. The molecule has 3 aromatic carbocycles. The fraction of sp³-hybridized carbons (Fsp3) is 0.194. The minimum Gasteiger partial charge on any atom is -0.322 e. The summed E-state index contributed by atoms with van der Waals surface area (Å²) >= 11 is 0. The first-order valence-electron chi connectivity index (χ1n) is 14.5. The first-order valence-corrected chi connectivity index (χ1v) is 14.5. The predicted octanol–water partition coefficient (Wildman–Crippen LogP) is 7.88. The number of nitrogens with one attached hydrogen (secondary N) is 1. The third-order valence-electron chi connectivity index (χ3n) is 7.54. The second kappa shape index (κ2) is 12.8. The highest BCUT2D eigenvalue weighted by Crippen LogP contribution is 2.34. The van der Waals surface area contributed by atoms with Gasteiger partial charge in [0, 0.05) is 41.7 Å². The Hall–Kier alpha value is -5.17. The number of nitrogens with zero attached hydrogens (tertiary/aromatic N) is 4. The van der Waals surface area contributed by atoms with E-state index in [4.69, 9.17) is 9.97 Å². The molecule has 0 spiro atoms. The molecule has 7 nitrogen and oxygen atoms in total. The lowest BCUT2D eigenvalue weighted by Crippen LogP contribution is -2.26. The number of amides is 2. The minimum atomic E-state index is -0.253. The number of pyridine rings is 1. The summed E-state index contributed by atoms with van der Waals surface area (Å²) < 4.78 is 0. The fourth-order valence-corrected chi connectivity index (χ4v) is 5.02. The Morgan fingerprint density at radius 3 is 2.21 bits per heavy atom. The Morgan fingerprint density at radius 2 is 1.49 bits per heavy atom. The first kappa shape index (κ1) is 29.3. The molecule has 216 valence electrons. The van der Waals surface area contributed by atoms with Crippen LogP contribution in [0.3, 0.4) is 0 Å². The van der Waals surface area contributed by atoms with Crippen molar-refractivity contribution < 1.29 is 9.59 Å². The Kier molecular flexibility index (Phi) is 8.71. The van der Waals surface area contributed by atoms with Crippen molar-refractivity contribution in [3.05, 3.63) is 119 Å². The standard InChI is InChI=1S/C36H35N5O2/c1-6-26-13-15-28(16-14-26)35(43)39-29-17-11-24(4)33(22-29)41(25(5)42)36-38-20-18-32(40-36)30-9-8-19-37-34(30)31-21-27(7-2)12-10-23(31)3/h8-22H,6-7H2,1-5H3,(H,39,43). The SMILES string of the molecule is CCc1ccc(C(=O)Nc2ccc(C)c(N(C(C)=O)c3nccc(-c4cccnc4-c4cc(CC)ccc4C)n3)c2)cc1. The molecule has 0 saturated heterocycles. The molecular weight excluding hydrogens is 534 g/mol. The van der Waals surface area contributed by atoms with Gasteiger partial charge in [0.1, 0.15) is 0 Å². The lowest BCUT2D eigenvalue weighted by molar-refractivity contribution is -0.115. The molecule has 0 radical (unpaired) electrons. The number of carbonyl (C=O) groups excluding carboxylic acids is 2. The number of aromatic nitrogens is 3. The second-order valence-electron chi connectivity index (χ2n) is 10.5. The number of aryl methyl sites for hydroxylation is 4. The average Bonchev–Trinajstić information content (AvgIpc) is 3.03. The molecular formula is C36H35N5O2. The maximum Gasteiger partial charge on any atom is 0.255 e. The van der Waals surface area contributed by atoms with Crippen molar-refractivity contribution in [1.82, 2.24) is 15.0 Å². The van der Waals surface area contributed by atoms with Crippen molar-refractivity contribution >= 4 is 29.1 Å². The van der Waals surface area contributed by atoms with Gasteiger partial charge >= 0.3 is 0 Å². The van der Waals surface area contributed by atoms with Gasteiger partial charge in [0.15, 0.2) is 0 Å². The molecule has 7 heteroatoms. The number of carbonyl (C=O) groups is 2. The molecule has 5 aromatic rings. The van der Waals surface area contributed by atoms with Gasteiger partial charge < -0.3 is 5.32 Å². The van der Waals surface area contributed by atoms with E-state index >= 15 is 0 Å². The third kappa shape index (κ3) is 6.36.